The van der Waals surface area contributed by atoms with Crippen molar-refractivity contribution in [2.45, 2.75) is 26.2 Å². The summed E-state index contributed by atoms with van der Waals surface area (Å²) in [6.45, 7) is 3.21. The number of ether oxygens (including phenoxy) is 1. The van der Waals surface area contributed by atoms with Crippen LogP contribution in [0.5, 0.6) is 5.75 Å². The molecule has 2 N–H and O–H groups in total. The highest BCUT2D eigenvalue weighted by Crippen LogP contribution is 2.38. The third kappa shape index (κ3) is 4.77. The summed E-state index contributed by atoms with van der Waals surface area (Å²) in [6, 6.07) is 7.89. The highest BCUT2D eigenvalue weighted by molar-refractivity contribution is 5.89. The molecule has 2 unspecified atom stereocenters. The van der Waals surface area contributed by atoms with Crippen LogP contribution in [0.25, 0.3) is 0 Å². The molecular formula is C16H21NO4. The molecule has 1 aliphatic carbocycles. The Morgan fingerprint density at radius 1 is 1.24 bits per heavy atom. The van der Waals surface area contributed by atoms with Crippen molar-refractivity contribution in [3.8, 4) is 5.75 Å². The van der Waals surface area contributed by atoms with Crippen LogP contribution in [0, 0.1) is 18.8 Å². The average molecular weight is 291 g/mol. The van der Waals surface area contributed by atoms with E-state index in [0.29, 0.717) is 19.6 Å². The predicted octanol–water partition coefficient (Wildman–Crippen LogP) is 1.99. The predicted molar refractivity (Wildman–Crippen MR) is 78.2 cm³/mol. The number of amides is 1. The molecule has 0 saturated heterocycles. The van der Waals surface area contributed by atoms with Gasteiger partial charge in [0.2, 0.25) is 5.91 Å². The van der Waals surface area contributed by atoms with Crippen molar-refractivity contribution in [3.63, 3.8) is 0 Å². The summed E-state index contributed by atoms with van der Waals surface area (Å²) in [5.74, 6) is -0.961. The Hall–Kier alpha value is -2.04. The summed E-state index contributed by atoms with van der Waals surface area (Å²) in [7, 11) is 0. The van der Waals surface area contributed by atoms with Gasteiger partial charge in [0.05, 0.1) is 18.4 Å². The second-order valence-corrected chi connectivity index (χ2v) is 5.45. The van der Waals surface area contributed by atoms with E-state index in [-0.39, 0.29) is 11.8 Å². The molecule has 1 aromatic carbocycles. The molecule has 5 nitrogen and oxygen atoms in total. The maximum atomic E-state index is 11.6. The fourth-order valence-corrected chi connectivity index (χ4v) is 2.15. The number of aliphatic carboxylic acids is 1. The first kappa shape index (κ1) is 15.4. The molecule has 0 radical (unpaired) electrons. The zero-order valence-electron chi connectivity index (χ0n) is 12.2. The number of carbonyl (C=O) groups is 2. The van der Waals surface area contributed by atoms with Crippen LogP contribution in [0.4, 0.5) is 0 Å². The molecule has 1 fully saturated rings. The van der Waals surface area contributed by atoms with Crippen molar-refractivity contribution >= 4 is 11.9 Å². The number of benzene rings is 1. The lowest BCUT2D eigenvalue weighted by Crippen LogP contribution is -2.27. The molecule has 5 heteroatoms. The number of carboxylic acids is 1. The fourth-order valence-electron chi connectivity index (χ4n) is 2.15. The Bertz CT molecular complexity index is 498. The van der Waals surface area contributed by atoms with E-state index < -0.39 is 11.9 Å². The largest absolute Gasteiger partial charge is 0.494 e. The fraction of sp³-hybridized carbons (Fsp3) is 0.500. The highest BCUT2D eigenvalue weighted by atomic mass is 16.5. The topological polar surface area (TPSA) is 75.6 Å². The lowest BCUT2D eigenvalue weighted by atomic mass is 10.2. The third-order valence-electron chi connectivity index (χ3n) is 3.60. The quantitative estimate of drug-likeness (QED) is 0.718. The Labute approximate surface area is 124 Å². The lowest BCUT2D eigenvalue weighted by Gasteiger charge is -2.07. The number of nitrogens with one attached hydrogen (secondary N) is 1. The van der Waals surface area contributed by atoms with E-state index in [1.165, 1.54) is 5.56 Å². The van der Waals surface area contributed by atoms with Gasteiger partial charge in [-0.1, -0.05) is 17.7 Å². The van der Waals surface area contributed by atoms with E-state index >= 15 is 0 Å². The molecule has 2 rings (SSSR count). The number of hydrogen-bond acceptors (Lipinski definition) is 3. The van der Waals surface area contributed by atoms with Gasteiger partial charge in [-0.3, -0.25) is 9.59 Å². The van der Waals surface area contributed by atoms with Crippen LogP contribution in [-0.4, -0.2) is 30.1 Å². The summed E-state index contributed by atoms with van der Waals surface area (Å²) in [5.41, 5.74) is 1.20. The van der Waals surface area contributed by atoms with Crippen LogP contribution >= 0.6 is 0 Å². The second-order valence-electron chi connectivity index (χ2n) is 5.45. The second kappa shape index (κ2) is 7.11. The molecular weight excluding hydrogens is 270 g/mol. The smallest absolute Gasteiger partial charge is 0.307 e. The summed E-state index contributed by atoms with van der Waals surface area (Å²) in [4.78, 5) is 22.3. The Morgan fingerprint density at radius 2 is 1.95 bits per heavy atom. The zero-order valence-corrected chi connectivity index (χ0v) is 12.2. The Morgan fingerprint density at radius 3 is 2.57 bits per heavy atom. The minimum absolute atomic E-state index is 0.137. The minimum Gasteiger partial charge on any atom is -0.494 e. The number of carbonyl (C=O) groups excluding carboxylic acids is 1. The lowest BCUT2D eigenvalue weighted by molar-refractivity contribution is -0.140. The first-order chi connectivity index (χ1) is 10.1. The average Bonchev–Trinajstić information content (AvgIpc) is 3.25. The maximum absolute atomic E-state index is 11.6. The molecule has 0 bridgehead atoms. The molecule has 0 aliphatic heterocycles. The number of rotatable bonds is 8. The van der Waals surface area contributed by atoms with Gasteiger partial charge in [0, 0.05) is 6.54 Å². The van der Waals surface area contributed by atoms with E-state index in [9.17, 15) is 9.59 Å². The van der Waals surface area contributed by atoms with Crippen molar-refractivity contribution in [1.82, 2.24) is 5.32 Å². The van der Waals surface area contributed by atoms with E-state index in [2.05, 4.69) is 5.32 Å². The van der Waals surface area contributed by atoms with E-state index in [1.54, 1.807) is 0 Å². The maximum Gasteiger partial charge on any atom is 0.307 e. The first-order valence-corrected chi connectivity index (χ1v) is 7.28. The van der Waals surface area contributed by atoms with Crippen LogP contribution in [0.2, 0.25) is 0 Å². The van der Waals surface area contributed by atoms with Crippen LogP contribution in [-0.2, 0) is 9.59 Å². The summed E-state index contributed by atoms with van der Waals surface area (Å²) < 4.78 is 5.59. The number of carboxylic acid groups (broad SMARTS) is 1. The summed E-state index contributed by atoms with van der Waals surface area (Å²) in [5, 5.41) is 11.5. The van der Waals surface area contributed by atoms with Gasteiger partial charge < -0.3 is 15.2 Å². The van der Waals surface area contributed by atoms with E-state index in [0.717, 1.165) is 18.6 Å². The van der Waals surface area contributed by atoms with Crippen LogP contribution in [0.3, 0.4) is 0 Å². The van der Waals surface area contributed by atoms with Gasteiger partial charge >= 0.3 is 5.97 Å². The first-order valence-electron chi connectivity index (χ1n) is 7.28. The molecule has 2 atom stereocenters. The summed E-state index contributed by atoms with van der Waals surface area (Å²) >= 11 is 0. The van der Waals surface area contributed by atoms with Crippen LogP contribution in [0.1, 0.15) is 24.8 Å². The van der Waals surface area contributed by atoms with Crippen LogP contribution in [0.15, 0.2) is 24.3 Å². The molecule has 1 saturated carbocycles. The van der Waals surface area contributed by atoms with Crippen molar-refractivity contribution in [2.24, 2.45) is 11.8 Å². The van der Waals surface area contributed by atoms with Crippen molar-refractivity contribution in [1.29, 1.82) is 0 Å². The molecule has 21 heavy (non-hydrogen) atoms. The standard InChI is InChI=1S/C16H21NO4/c1-11-4-6-12(7-5-11)21-9-3-2-8-17-15(18)13-10-14(13)16(19)20/h4-7,13-14H,2-3,8-10H2,1H3,(H,17,18)(H,19,20). The van der Waals surface area contributed by atoms with Gasteiger partial charge in [0.1, 0.15) is 5.75 Å². The van der Waals surface area contributed by atoms with Gasteiger partial charge in [0.15, 0.2) is 0 Å². The third-order valence-corrected chi connectivity index (χ3v) is 3.60. The van der Waals surface area contributed by atoms with Crippen LogP contribution < -0.4 is 10.1 Å². The molecule has 1 aromatic rings. The monoisotopic (exact) mass is 291 g/mol. The van der Waals surface area contributed by atoms with Crippen molar-refractivity contribution < 1.29 is 19.4 Å². The van der Waals surface area contributed by atoms with E-state index in [1.807, 2.05) is 31.2 Å². The van der Waals surface area contributed by atoms with Gasteiger partial charge in [-0.05, 0) is 38.3 Å². The van der Waals surface area contributed by atoms with Gasteiger partial charge in [-0.2, -0.15) is 0 Å². The molecule has 114 valence electrons. The van der Waals surface area contributed by atoms with Crippen molar-refractivity contribution in [3.05, 3.63) is 29.8 Å². The normalized spacial score (nSPS) is 19.9. The van der Waals surface area contributed by atoms with Gasteiger partial charge in [-0.15, -0.1) is 0 Å². The number of aryl methyl sites for hydroxylation is 1. The number of unbranched alkanes of at least 4 members (excludes halogenated alkanes) is 1. The van der Waals surface area contributed by atoms with E-state index in [4.69, 9.17) is 9.84 Å². The Kier molecular flexibility index (Phi) is 5.20. The molecule has 0 aromatic heterocycles. The molecule has 1 amide bonds. The molecule has 0 heterocycles. The molecule has 0 spiro atoms. The van der Waals surface area contributed by atoms with Gasteiger partial charge in [0.25, 0.3) is 0 Å². The zero-order chi connectivity index (χ0) is 15.2. The molecule has 1 aliphatic rings. The van der Waals surface area contributed by atoms with Crippen molar-refractivity contribution in [2.75, 3.05) is 13.2 Å². The van der Waals surface area contributed by atoms with Gasteiger partial charge in [-0.25, -0.2) is 0 Å². The Balaban J connectivity index is 1.51. The highest BCUT2D eigenvalue weighted by Gasteiger charge is 2.48. The summed E-state index contributed by atoms with van der Waals surface area (Å²) in [6.07, 6.45) is 2.14. The SMILES string of the molecule is Cc1ccc(OCCCCNC(=O)C2CC2C(=O)O)cc1. The number of hydrogen-bond donors (Lipinski definition) is 2. The minimum atomic E-state index is -0.873.